The molecule has 7 nitrogen and oxygen atoms in total. The fraction of sp³-hybridized carbons (Fsp3) is 0.450. The molecule has 1 saturated heterocycles. The van der Waals surface area contributed by atoms with Crippen LogP contribution in [-0.2, 0) is 4.79 Å². The van der Waals surface area contributed by atoms with Gasteiger partial charge < -0.3 is 21.3 Å². The van der Waals surface area contributed by atoms with E-state index in [9.17, 15) is 10.1 Å². The van der Waals surface area contributed by atoms with Crippen molar-refractivity contribution >= 4 is 29.0 Å². The Kier molecular flexibility index (Phi) is 6.55. The maximum atomic E-state index is 11.8. The fourth-order valence-electron chi connectivity index (χ4n) is 3.73. The van der Waals surface area contributed by atoms with Gasteiger partial charge in [-0.2, -0.15) is 5.26 Å². The van der Waals surface area contributed by atoms with E-state index >= 15 is 0 Å². The third-order valence-corrected chi connectivity index (χ3v) is 5.74. The molecular weight excluding hydrogens is 376 g/mol. The number of anilines is 1. The number of halogens is 1. The highest BCUT2D eigenvalue weighted by Gasteiger charge is 2.34. The van der Waals surface area contributed by atoms with Crippen molar-refractivity contribution in [3.8, 4) is 6.07 Å². The Labute approximate surface area is 170 Å². The number of amidine groups is 1. The molecule has 1 saturated carbocycles. The van der Waals surface area contributed by atoms with Crippen LogP contribution in [0.1, 0.15) is 25.7 Å². The van der Waals surface area contributed by atoms with Crippen LogP contribution in [-0.4, -0.2) is 41.8 Å². The molecule has 8 heteroatoms. The van der Waals surface area contributed by atoms with Gasteiger partial charge in [-0.3, -0.25) is 10.2 Å². The molecule has 2 fully saturated rings. The summed E-state index contributed by atoms with van der Waals surface area (Å²) in [6.45, 7) is 2.25. The Balaban J connectivity index is 1.63. The van der Waals surface area contributed by atoms with Gasteiger partial charge in [0.2, 0.25) is 0 Å². The molecule has 1 heterocycles. The zero-order valence-electron chi connectivity index (χ0n) is 15.6. The molecule has 0 spiro atoms. The number of primary amides is 1. The maximum Gasteiger partial charge on any atom is 0.253 e. The Bertz CT molecular complexity index is 796. The first-order valence-electron chi connectivity index (χ1n) is 9.49. The lowest BCUT2D eigenvalue weighted by Crippen LogP contribution is -2.50. The molecule has 28 heavy (non-hydrogen) atoms. The van der Waals surface area contributed by atoms with Gasteiger partial charge in [0.25, 0.3) is 5.91 Å². The van der Waals surface area contributed by atoms with Crippen molar-refractivity contribution in [3.63, 3.8) is 0 Å². The minimum atomic E-state index is -0.707. The van der Waals surface area contributed by atoms with Crippen molar-refractivity contribution in [2.24, 2.45) is 11.7 Å². The van der Waals surface area contributed by atoms with E-state index in [1.807, 2.05) is 0 Å². The summed E-state index contributed by atoms with van der Waals surface area (Å²) in [7, 11) is 0. The molecule has 0 aromatic heterocycles. The van der Waals surface area contributed by atoms with E-state index in [1.54, 1.807) is 24.3 Å². The molecule has 2 aliphatic rings. The molecule has 0 radical (unpaired) electrons. The van der Waals surface area contributed by atoms with Crippen molar-refractivity contribution < 1.29 is 4.79 Å². The third kappa shape index (κ3) is 4.83. The SMILES string of the molecule is N#C[C@H]1C[C@@H](N2CCC2)CC[C@@H]1N/C=C(\C(=N)Nc1ccc(Cl)cc1)C(N)=O. The smallest absolute Gasteiger partial charge is 0.253 e. The summed E-state index contributed by atoms with van der Waals surface area (Å²) in [5, 5.41) is 24.3. The average molecular weight is 401 g/mol. The van der Waals surface area contributed by atoms with Crippen LogP contribution in [0, 0.1) is 22.7 Å². The van der Waals surface area contributed by atoms with Crippen LogP contribution in [0.2, 0.25) is 5.02 Å². The van der Waals surface area contributed by atoms with E-state index in [1.165, 1.54) is 12.6 Å². The summed E-state index contributed by atoms with van der Waals surface area (Å²) < 4.78 is 0. The van der Waals surface area contributed by atoms with Crippen LogP contribution < -0.4 is 16.4 Å². The van der Waals surface area contributed by atoms with E-state index in [0.717, 1.165) is 32.4 Å². The second kappa shape index (κ2) is 9.09. The number of benzene rings is 1. The van der Waals surface area contributed by atoms with Gasteiger partial charge in [0, 0.05) is 29.0 Å². The molecule has 148 valence electrons. The van der Waals surface area contributed by atoms with E-state index < -0.39 is 5.91 Å². The third-order valence-electron chi connectivity index (χ3n) is 5.49. The number of amides is 1. The van der Waals surface area contributed by atoms with E-state index in [2.05, 4.69) is 21.6 Å². The second-order valence-electron chi connectivity index (χ2n) is 7.29. The minimum Gasteiger partial charge on any atom is -0.386 e. The number of nitriles is 1. The predicted molar refractivity (Wildman–Crippen MR) is 110 cm³/mol. The number of hydrogen-bond donors (Lipinski definition) is 4. The normalized spacial score (nSPS) is 25.3. The van der Waals surface area contributed by atoms with Crippen molar-refractivity contribution in [2.45, 2.75) is 37.8 Å². The Morgan fingerprint density at radius 1 is 1.32 bits per heavy atom. The summed E-state index contributed by atoms with van der Waals surface area (Å²) in [4.78, 5) is 14.3. The van der Waals surface area contributed by atoms with Gasteiger partial charge in [0.15, 0.2) is 0 Å². The average Bonchev–Trinajstić information content (AvgIpc) is 2.63. The molecule has 3 atom stereocenters. The first kappa shape index (κ1) is 20.2. The van der Waals surface area contributed by atoms with Crippen LogP contribution in [0.3, 0.4) is 0 Å². The van der Waals surface area contributed by atoms with Gasteiger partial charge in [0.05, 0.1) is 17.6 Å². The van der Waals surface area contributed by atoms with Crippen molar-refractivity contribution in [3.05, 3.63) is 41.1 Å². The zero-order chi connectivity index (χ0) is 20.1. The first-order chi connectivity index (χ1) is 13.5. The highest BCUT2D eigenvalue weighted by atomic mass is 35.5. The van der Waals surface area contributed by atoms with Crippen LogP contribution in [0.15, 0.2) is 36.0 Å². The molecule has 5 N–H and O–H groups in total. The van der Waals surface area contributed by atoms with Gasteiger partial charge >= 0.3 is 0 Å². The molecule has 3 rings (SSSR count). The lowest BCUT2D eigenvalue weighted by atomic mass is 9.81. The summed E-state index contributed by atoms with van der Waals surface area (Å²) in [5.74, 6) is -0.949. The van der Waals surface area contributed by atoms with Crippen molar-refractivity contribution in [2.75, 3.05) is 18.4 Å². The van der Waals surface area contributed by atoms with Gasteiger partial charge in [0.1, 0.15) is 5.84 Å². The molecule has 1 aliphatic heterocycles. The van der Waals surface area contributed by atoms with Gasteiger partial charge in [-0.1, -0.05) is 11.6 Å². The summed E-state index contributed by atoms with van der Waals surface area (Å²) in [5.41, 5.74) is 6.13. The maximum absolute atomic E-state index is 11.8. The predicted octanol–water partition coefficient (Wildman–Crippen LogP) is 2.45. The van der Waals surface area contributed by atoms with Crippen LogP contribution in [0.25, 0.3) is 0 Å². The fourth-order valence-corrected chi connectivity index (χ4v) is 3.86. The Morgan fingerprint density at radius 2 is 2.04 bits per heavy atom. The van der Waals surface area contributed by atoms with Gasteiger partial charge in [-0.05, 0) is 63.0 Å². The Hall–Kier alpha value is -2.56. The number of nitrogens with one attached hydrogen (secondary N) is 3. The standard InChI is InChI=1S/C20H25ClN6O/c21-14-2-4-15(5-3-14)26-19(23)17(20(24)28)12-25-18-7-6-16(10-13(18)11-22)27-8-1-9-27/h2-5,12-13,16,18,25H,1,6-10H2,(H2,23,26)(H2,24,28)/b17-12+/t13-,16+,18+/m1/s1. The molecule has 0 unspecified atom stereocenters. The quantitative estimate of drug-likeness (QED) is 0.332. The molecular formula is C20H25ClN6O. The van der Waals surface area contributed by atoms with E-state index in [-0.39, 0.29) is 23.4 Å². The number of carbonyl (C=O) groups is 1. The Morgan fingerprint density at radius 3 is 2.61 bits per heavy atom. The first-order valence-corrected chi connectivity index (χ1v) is 9.87. The highest BCUT2D eigenvalue weighted by molar-refractivity contribution is 6.30. The van der Waals surface area contributed by atoms with Crippen LogP contribution in [0.4, 0.5) is 5.69 Å². The monoisotopic (exact) mass is 400 g/mol. The molecule has 1 aliphatic carbocycles. The number of carbonyl (C=O) groups excluding carboxylic acids is 1. The topological polar surface area (TPSA) is 118 Å². The largest absolute Gasteiger partial charge is 0.386 e. The van der Waals surface area contributed by atoms with Gasteiger partial charge in [-0.25, -0.2) is 0 Å². The summed E-state index contributed by atoms with van der Waals surface area (Å²) in [6.07, 6.45) is 5.40. The molecule has 1 amide bonds. The summed E-state index contributed by atoms with van der Waals surface area (Å²) >= 11 is 5.86. The summed E-state index contributed by atoms with van der Waals surface area (Å²) in [6, 6.07) is 9.63. The zero-order valence-corrected chi connectivity index (χ0v) is 16.4. The molecule has 0 bridgehead atoms. The van der Waals surface area contributed by atoms with Crippen molar-refractivity contribution in [1.29, 1.82) is 10.7 Å². The van der Waals surface area contributed by atoms with Crippen LogP contribution in [0.5, 0.6) is 0 Å². The number of nitrogens with two attached hydrogens (primary N) is 1. The lowest BCUT2D eigenvalue weighted by Gasteiger charge is -2.43. The van der Waals surface area contributed by atoms with Gasteiger partial charge in [-0.15, -0.1) is 0 Å². The van der Waals surface area contributed by atoms with Crippen LogP contribution >= 0.6 is 11.6 Å². The number of rotatable bonds is 6. The molecule has 1 aromatic carbocycles. The molecule has 1 aromatic rings. The van der Waals surface area contributed by atoms with Crippen molar-refractivity contribution in [1.82, 2.24) is 10.2 Å². The second-order valence-corrected chi connectivity index (χ2v) is 7.73. The number of likely N-dealkylation sites (tertiary alicyclic amines) is 1. The van der Waals surface area contributed by atoms with E-state index in [4.69, 9.17) is 22.7 Å². The number of nitrogens with zero attached hydrogens (tertiary/aromatic N) is 2. The number of hydrogen-bond acceptors (Lipinski definition) is 5. The minimum absolute atomic E-state index is 0.0384. The highest BCUT2D eigenvalue weighted by Crippen LogP contribution is 2.30. The van der Waals surface area contributed by atoms with E-state index in [0.29, 0.717) is 16.8 Å². The lowest BCUT2D eigenvalue weighted by molar-refractivity contribution is -0.114.